The highest BCUT2D eigenvalue weighted by Gasteiger charge is 2.31. The molecule has 0 unspecified atom stereocenters. The number of H-pyrrole nitrogens is 1. The van der Waals surface area contributed by atoms with Gasteiger partial charge >= 0.3 is 0 Å². The van der Waals surface area contributed by atoms with Crippen molar-refractivity contribution < 1.29 is 14.3 Å². The minimum atomic E-state index is 0.140. The van der Waals surface area contributed by atoms with Crippen molar-refractivity contribution in [3.8, 4) is 11.5 Å². The predicted octanol–water partition coefficient (Wildman–Crippen LogP) is 4.03. The normalized spacial score (nSPS) is 13.9. The summed E-state index contributed by atoms with van der Waals surface area (Å²) < 4.78 is 10.9. The Hall–Kier alpha value is -2.79. The summed E-state index contributed by atoms with van der Waals surface area (Å²) in [5, 5.41) is 0.984. The molecule has 1 aromatic heterocycles. The lowest BCUT2D eigenvalue weighted by atomic mass is 10.1. The molecule has 1 heterocycles. The highest BCUT2D eigenvalue weighted by molar-refractivity contribution is 6.08. The average Bonchev–Trinajstić information content (AvgIpc) is 3.46. The first-order valence-corrected chi connectivity index (χ1v) is 9.24. The van der Waals surface area contributed by atoms with Crippen LogP contribution in [0.5, 0.6) is 11.5 Å². The zero-order valence-corrected chi connectivity index (χ0v) is 15.7. The number of carbonyl (C=O) groups is 1. The molecule has 27 heavy (non-hydrogen) atoms. The summed E-state index contributed by atoms with van der Waals surface area (Å²) in [5.41, 5.74) is 2.79. The summed E-state index contributed by atoms with van der Waals surface area (Å²) in [6.45, 7) is 1.06. The molecule has 140 valence electrons. The van der Waals surface area contributed by atoms with Crippen molar-refractivity contribution in [3.63, 3.8) is 0 Å². The van der Waals surface area contributed by atoms with E-state index in [4.69, 9.17) is 9.47 Å². The molecule has 1 fully saturated rings. The van der Waals surface area contributed by atoms with Crippen LogP contribution < -0.4 is 9.47 Å². The lowest BCUT2D eigenvalue weighted by Crippen LogP contribution is -2.31. The number of hydrogen-bond acceptors (Lipinski definition) is 4. The summed E-state index contributed by atoms with van der Waals surface area (Å²) in [7, 11) is 3.33. The molecule has 2 aromatic carbocycles. The number of aromatic nitrogens is 1. The summed E-state index contributed by atoms with van der Waals surface area (Å²) in [4.78, 5) is 18.5. The van der Waals surface area contributed by atoms with Crippen LogP contribution in [0.4, 0.5) is 0 Å². The third-order valence-electron chi connectivity index (χ3n) is 5.16. The van der Waals surface area contributed by atoms with Gasteiger partial charge in [-0.3, -0.25) is 9.69 Å². The maximum atomic E-state index is 13.0. The molecule has 0 aliphatic heterocycles. The van der Waals surface area contributed by atoms with Crippen LogP contribution in [-0.4, -0.2) is 42.5 Å². The van der Waals surface area contributed by atoms with Crippen molar-refractivity contribution in [3.05, 3.63) is 59.8 Å². The standard InChI is InChI=1S/C22H24N2O3/c1-26-17-9-10-22(27-2)15(11-17)13-24(16-7-8-16)14-21(25)19-12-23-20-6-4-3-5-18(19)20/h3-6,9-12,16,23H,7-8,13-14H2,1-2H3. The summed E-state index contributed by atoms with van der Waals surface area (Å²) in [5.74, 6) is 1.76. The van der Waals surface area contributed by atoms with Crippen LogP contribution in [0, 0.1) is 0 Å². The third-order valence-corrected chi connectivity index (χ3v) is 5.16. The van der Waals surface area contributed by atoms with Crippen molar-refractivity contribution in [2.75, 3.05) is 20.8 Å². The molecule has 0 spiro atoms. The van der Waals surface area contributed by atoms with Gasteiger partial charge in [-0.05, 0) is 37.1 Å². The van der Waals surface area contributed by atoms with Crippen LogP contribution in [0.2, 0.25) is 0 Å². The van der Waals surface area contributed by atoms with Gasteiger partial charge in [0, 0.05) is 40.8 Å². The molecule has 0 saturated heterocycles. The van der Waals surface area contributed by atoms with Crippen molar-refractivity contribution in [2.45, 2.75) is 25.4 Å². The number of methoxy groups -OCH3 is 2. The SMILES string of the molecule is COc1ccc(OC)c(CN(CC(=O)c2c[nH]c3ccccc23)C2CC2)c1. The molecule has 1 aliphatic carbocycles. The Morgan fingerprint density at radius 1 is 1.15 bits per heavy atom. The summed E-state index contributed by atoms with van der Waals surface area (Å²) in [6.07, 6.45) is 4.09. The zero-order valence-electron chi connectivity index (χ0n) is 15.7. The van der Waals surface area contributed by atoms with Gasteiger partial charge in [0.15, 0.2) is 5.78 Å². The predicted molar refractivity (Wildman–Crippen MR) is 106 cm³/mol. The lowest BCUT2D eigenvalue weighted by Gasteiger charge is -2.22. The molecular weight excluding hydrogens is 340 g/mol. The van der Waals surface area contributed by atoms with Gasteiger partial charge in [0.2, 0.25) is 0 Å². The Bertz CT molecular complexity index is 959. The number of nitrogens with one attached hydrogen (secondary N) is 1. The molecule has 4 rings (SSSR count). The molecule has 0 radical (unpaired) electrons. The number of aromatic amines is 1. The second-order valence-electron chi connectivity index (χ2n) is 6.99. The van der Waals surface area contributed by atoms with Gasteiger partial charge in [0.25, 0.3) is 0 Å². The molecule has 0 bridgehead atoms. The average molecular weight is 364 g/mol. The van der Waals surface area contributed by atoms with Crippen LogP contribution in [0.3, 0.4) is 0 Å². The fourth-order valence-electron chi connectivity index (χ4n) is 3.55. The van der Waals surface area contributed by atoms with Gasteiger partial charge in [0.1, 0.15) is 11.5 Å². The highest BCUT2D eigenvalue weighted by atomic mass is 16.5. The Labute approximate surface area is 158 Å². The first-order chi connectivity index (χ1) is 13.2. The van der Waals surface area contributed by atoms with Gasteiger partial charge in [-0.25, -0.2) is 0 Å². The Morgan fingerprint density at radius 2 is 1.96 bits per heavy atom. The summed E-state index contributed by atoms with van der Waals surface area (Å²) in [6, 6.07) is 14.2. The minimum Gasteiger partial charge on any atom is -0.497 e. The van der Waals surface area contributed by atoms with Crippen LogP contribution in [0.15, 0.2) is 48.7 Å². The Morgan fingerprint density at radius 3 is 2.70 bits per heavy atom. The van der Waals surface area contributed by atoms with E-state index in [2.05, 4.69) is 9.88 Å². The van der Waals surface area contributed by atoms with Gasteiger partial charge in [-0.15, -0.1) is 0 Å². The quantitative estimate of drug-likeness (QED) is 0.613. The monoisotopic (exact) mass is 364 g/mol. The van der Waals surface area contributed by atoms with Crippen LogP contribution in [-0.2, 0) is 6.54 Å². The molecule has 1 saturated carbocycles. The number of rotatable bonds is 8. The number of Topliss-reactive ketones (excluding diaryl/α,β-unsaturated/α-hetero) is 1. The summed E-state index contributed by atoms with van der Waals surface area (Å²) >= 11 is 0. The van der Waals surface area contributed by atoms with Crippen LogP contribution >= 0.6 is 0 Å². The maximum absolute atomic E-state index is 13.0. The van der Waals surface area contributed by atoms with Crippen LogP contribution in [0.25, 0.3) is 10.9 Å². The largest absolute Gasteiger partial charge is 0.497 e. The number of para-hydroxylation sites is 1. The highest BCUT2D eigenvalue weighted by Crippen LogP contribution is 2.32. The van der Waals surface area contributed by atoms with Crippen molar-refractivity contribution >= 4 is 16.7 Å². The van der Waals surface area contributed by atoms with E-state index in [0.717, 1.165) is 46.4 Å². The maximum Gasteiger partial charge on any atom is 0.178 e. The van der Waals surface area contributed by atoms with E-state index in [9.17, 15) is 4.79 Å². The molecule has 1 N–H and O–H groups in total. The molecule has 1 aliphatic rings. The molecule has 0 amide bonds. The van der Waals surface area contributed by atoms with Crippen molar-refractivity contribution in [2.24, 2.45) is 0 Å². The molecular formula is C22H24N2O3. The number of nitrogens with zero attached hydrogens (tertiary/aromatic N) is 1. The molecule has 3 aromatic rings. The fourth-order valence-corrected chi connectivity index (χ4v) is 3.55. The third kappa shape index (κ3) is 3.69. The Balaban J connectivity index is 1.56. The number of hydrogen-bond donors (Lipinski definition) is 1. The number of fused-ring (bicyclic) bond motifs is 1. The molecule has 5 nitrogen and oxygen atoms in total. The van der Waals surface area contributed by atoms with Gasteiger partial charge in [-0.2, -0.15) is 0 Å². The van der Waals surface area contributed by atoms with E-state index in [1.807, 2.05) is 48.7 Å². The second kappa shape index (κ2) is 7.45. The lowest BCUT2D eigenvalue weighted by molar-refractivity contribution is 0.0920. The first-order valence-electron chi connectivity index (χ1n) is 9.24. The van der Waals surface area contributed by atoms with E-state index in [1.165, 1.54) is 0 Å². The van der Waals surface area contributed by atoms with Crippen molar-refractivity contribution in [1.82, 2.24) is 9.88 Å². The van der Waals surface area contributed by atoms with Gasteiger partial charge in [0.05, 0.1) is 20.8 Å². The number of ketones is 1. The van der Waals surface area contributed by atoms with E-state index in [0.29, 0.717) is 19.1 Å². The van der Waals surface area contributed by atoms with Gasteiger partial charge < -0.3 is 14.5 Å². The number of ether oxygens (including phenoxy) is 2. The van der Waals surface area contributed by atoms with Gasteiger partial charge in [-0.1, -0.05) is 18.2 Å². The molecule has 5 heteroatoms. The molecule has 0 atom stereocenters. The zero-order chi connectivity index (χ0) is 18.8. The topological polar surface area (TPSA) is 54.6 Å². The smallest absolute Gasteiger partial charge is 0.178 e. The second-order valence-corrected chi connectivity index (χ2v) is 6.99. The Kier molecular flexibility index (Phi) is 4.86. The van der Waals surface area contributed by atoms with E-state index >= 15 is 0 Å². The first kappa shape index (κ1) is 17.6. The fraction of sp³-hybridized carbons (Fsp3) is 0.318. The number of carbonyl (C=O) groups excluding carboxylic acids is 1. The number of benzene rings is 2. The minimum absolute atomic E-state index is 0.140. The van der Waals surface area contributed by atoms with E-state index in [-0.39, 0.29) is 5.78 Å². The van der Waals surface area contributed by atoms with E-state index < -0.39 is 0 Å². The van der Waals surface area contributed by atoms with E-state index in [1.54, 1.807) is 14.2 Å². The van der Waals surface area contributed by atoms with Crippen molar-refractivity contribution in [1.29, 1.82) is 0 Å². The van der Waals surface area contributed by atoms with Crippen LogP contribution in [0.1, 0.15) is 28.8 Å².